The molecule has 0 saturated heterocycles. The molecule has 16 heavy (non-hydrogen) atoms. The highest BCUT2D eigenvalue weighted by molar-refractivity contribution is 5.85. The Morgan fingerprint density at radius 1 is 1.38 bits per heavy atom. The second-order valence-corrected chi connectivity index (χ2v) is 4.75. The van der Waals surface area contributed by atoms with Gasteiger partial charge in [0, 0.05) is 6.04 Å². The van der Waals surface area contributed by atoms with E-state index in [1.807, 2.05) is 0 Å². The molecule has 0 bridgehead atoms. The Bertz CT molecular complexity index is 193. The Morgan fingerprint density at radius 3 is 2.56 bits per heavy atom. The first kappa shape index (κ1) is 15.7. The molecule has 0 spiro atoms. The van der Waals surface area contributed by atoms with Crippen molar-refractivity contribution < 1.29 is 4.79 Å². The molecule has 1 atom stereocenters. The molecule has 0 radical (unpaired) electrons. The lowest BCUT2D eigenvalue weighted by Gasteiger charge is -2.23. The number of nitrogens with two attached hydrogens (primary N) is 1. The van der Waals surface area contributed by atoms with Crippen molar-refractivity contribution in [3.63, 3.8) is 0 Å². The Kier molecular flexibility index (Phi) is 8.67. The molecule has 3 nitrogen and oxygen atoms in total. The molecule has 0 heterocycles. The summed E-state index contributed by atoms with van der Waals surface area (Å²) in [6.07, 6.45) is 9.33. The SMILES string of the molecule is CC(CCC1CCCCC1)NC(=O)CN.Cl. The quantitative estimate of drug-likeness (QED) is 0.784. The topological polar surface area (TPSA) is 55.1 Å². The highest BCUT2D eigenvalue weighted by Gasteiger charge is 2.14. The van der Waals surface area contributed by atoms with Gasteiger partial charge in [0.15, 0.2) is 0 Å². The van der Waals surface area contributed by atoms with Crippen LogP contribution < -0.4 is 11.1 Å². The molecule has 1 saturated carbocycles. The molecule has 0 aromatic carbocycles. The van der Waals surface area contributed by atoms with E-state index in [1.165, 1.54) is 38.5 Å². The zero-order valence-electron chi connectivity index (χ0n) is 10.2. The number of amides is 1. The van der Waals surface area contributed by atoms with Crippen LogP contribution in [0.25, 0.3) is 0 Å². The second-order valence-electron chi connectivity index (χ2n) is 4.75. The monoisotopic (exact) mass is 248 g/mol. The summed E-state index contributed by atoms with van der Waals surface area (Å²) < 4.78 is 0. The van der Waals surface area contributed by atoms with Gasteiger partial charge in [-0.25, -0.2) is 0 Å². The number of carbonyl (C=O) groups is 1. The number of halogens is 1. The van der Waals surface area contributed by atoms with Gasteiger partial charge in [-0.3, -0.25) is 4.79 Å². The summed E-state index contributed by atoms with van der Waals surface area (Å²) in [5, 5.41) is 2.91. The van der Waals surface area contributed by atoms with Crippen LogP contribution in [0.15, 0.2) is 0 Å². The summed E-state index contributed by atoms with van der Waals surface area (Å²) in [4.78, 5) is 11.0. The van der Waals surface area contributed by atoms with E-state index in [2.05, 4.69) is 12.2 Å². The van der Waals surface area contributed by atoms with Crippen LogP contribution >= 0.6 is 12.4 Å². The van der Waals surface area contributed by atoms with Gasteiger partial charge in [-0.1, -0.05) is 32.1 Å². The molecule has 1 aliphatic carbocycles. The third-order valence-electron chi connectivity index (χ3n) is 3.33. The molecule has 1 unspecified atom stereocenters. The Labute approximate surface area is 105 Å². The van der Waals surface area contributed by atoms with Crippen molar-refractivity contribution in [1.29, 1.82) is 0 Å². The van der Waals surface area contributed by atoms with E-state index in [4.69, 9.17) is 5.73 Å². The number of nitrogens with one attached hydrogen (secondary N) is 1. The number of rotatable bonds is 5. The van der Waals surface area contributed by atoms with Gasteiger partial charge >= 0.3 is 0 Å². The van der Waals surface area contributed by atoms with Crippen LogP contribution in [0.5, 0.6) is 0 Å². The average Bonchev–Trinajstić information content (AvgIpc) is 2.27. The molecule has 0 aromatic heterocycles. The van der Waals surface area contributed by atoms with Crippen molar-refractivity contribution in [2.75, 3.05) is 6.54 Å². The second kappa shape index (κ2) is 8.82. The van der Waals surface area contributed by atoms with Crippen molar-refractivity contribution in [2.24, 2.45) is 11.7 Å². The highest BCUT2D eigenvalue weighted by Crippen LogP contribution is 2.27. The van der Waals surface area contributed by atoms with Crippen LogP contribution in [0.2, 0.25) is 0 Å². The van der Waals surface area contributed by atoms with Gasteiger partial charge in [-0.2, -0.15) is 0 Å². The minimum atomic E-state index is -0.0360. The summed E-state index contributed by atoms with van der Waals surface area (Å²) in [5.74, 6) is 0.863. The molecule has 1 fully saturated rings. The van der Waals surface area contributed by atoms with Gasteiger partial charge in [0.1, 0.15) is 0 Å². The third-order valence-corrected chi connectivity index (χ3v) is 3.33. The number of hydrogen-bond donors (Lipinski definition) is 2. The normalized spacial score (nSPS) is 18.6. The average molecular weight is 249 g/mol. The fourth-order valence-corrected chi connectivity index (χ4v) is 2.37. The minimum Gasteiger partial charge on any atom is -0.353 e. The van der Waals surface area contributed by atoms with Crippen LogP contribution in [0.4, 0.5) is 0 Å². The van der Waals surface area contributed by atoms with Gasteiger partial charge in [-0.15, -0.1) is 12.4 Å². The molecule has 0 aromatic rings. The van der Waals surface area contributed by atoms with Crippen molar-refractivity contribution in [3.8, 4) is 0 Å². The highest BCUT2D eigenvalue weighted by atomic mass is 35.5. The van der Waals surface area contributed by atoms with Crippen molar-refractivity contribution >= 4 is 18.3 Å². The molecular weight excluding hydrogens is 224 g/mol. The van der Waals surface area contributed by atoms with E-state index in [-0.39, 0.29) is 30.9 Å². The van der Waals surface area contributed by atoms with Crippen molar-refractivity contribution in [2.45, 2.75) is 57.9 Å². The predicted molar refractivity (Wildman–Crippen MR) is 69.7 cm³/mol. The van der Waals surface area contributed by atoms with Crippen molar-refractivity contribution in [1.82, 2.24) is 5.32 Å². The first-order valence-electron chi connectivity index (χ1n) is 6.21. The number of carbonyl (C=O) groups excluding carboxylic acids is 1. The zero-order valence-corrected chi connectivity index (χ0v) is 11.0. The fourth-order valence-electron chi connectivity index (χ4n) is 2.37. The lowest BCUT2D eigenvalue weighted by atomic mass is 9.85. The maximum absolute atomic E-state index is 11.0. The number of hydrogen-bond acceptors (Lipinski definition) is 2. The largest absolute Gasteiger partial charge is 0.353 e. The van der Waals surface area contributed by atoms with Gasteiger partial charge in [0.05, 0.1) is 6.54 Å². The minimum absolute atomic E-state index is 0. The maximum Gasteiger partial charge on any atom is 0.233 e. The van der Waals surface area contributed by atoms with Crippen LogP contribution in [0.3, 0.4) is 0 Å². The van der Waals surface area contributed by atoms with Crippen LogP contribution in [0, 0.1) is 5.92 Å². The summed E-state index contributed by atoms with van der Waals surface area (Å²) in [7, 11) is 0. The van der Waals surface area contributed by atoms with E-state index in [9.17, 15) is 4.79 Å². The summed E-state index contributed by atoms with van der Waals surface area (Å²) >= 11 is 0. The lowest BCUT2D eigenvalue weighted by Crippen LogP contribution is -2.37. The molecule has 96 valence electrons. The molecule has 1 amide bonds. The van der Waals surface area contributed by atoms with E-state index in [0.29, 0.717) is 0 Å². The van der Waals surface area contributed by atoms with Gasteiger partial charge in [0.2, 0.25) is 5.91 Å². The maximum atomic E-state index is 11.0. The Hall–Kier alpha value is -0.280. The Balaban J connectivity index is 0.00000225. The summed E-state index contributed by atoms with van der Waals surface area (Å²) in [5.41, 5.74) is 5.25. The van der Waals surface area contributed by atoms with Crippen LogP contribution in [-0.4, -0.2) is 18.5 Å². The first-order valence-corrected chi connectivity index (χ1v) is 6.21. The third kappa shape index (κ3) is 6.33. The van der Waals surface area contributed by atoms with E-state index >= 15 is 0 Å². The molecular formula is C12H25ClN2O. The van der Waals surface area contributed by atoms with E-state index in [1.54, 1.807) is 0 Å². The molecule has 4 heteroatoms. The van der Waals surface area contributed by atoms with E-state index in [0.717, 1.165) is 12.3 Å². The predicted octanol–water partition coefficient (Wildman–Crippen LogP) is 2.23. The van der Waals surface area contributed by atoms with E-state index < -0.39 is 0 Å². The van der Waals surface area contributed by atoms with Crippen LogP contribution in [0.1, 0.15) is 51.9 Å². The smallest absolute Gasteiger partial charge is 0.233 e. The summed E-state index contributed by atoms with van der Waals surface area (Å²) in [6.45, 7) is 2.17. The first-order chi connectivity index (χ1) is 7.22. The summed E-state index contributed by atoms with van der Waals surface area (Å²) in [6, 6.07) is 0.281. The van der Waals surface area contributed by atoms with Gasteiger partial charge < -0.3 is 11.1 Å². The van der Waals surface area contributed by atoms with Gasteiger partial charge in [0.25, 0.3) is 0 Å². The Morgan fingerprint density at radius 2 is 2.00 bits per heavy atom. The lowest BCUT2D eigenvalue weighted by molar-refractivity contribution is -0.120. The van der Waals surface area contributed by atoms with Crippen molar-refractivity contribution in [3.05, 3.63) is 0 Å². The zero-order chi connectivity index (χ0) is 11.1. The molecule has 3 N–H and O–H groups in total. The standard InChI is InChI=1S/C12H24N2O.ClH/c1-10(14-12(15)9-13)7-8-11-5-3-2-4-6-11;/h10-11H,2-9,13H2,1H3,(H,14,15);1H. The molecule has 0 aliphatic heterocycles. The molecule has 1 aliphatic rings. The fraction of sp³-hybridized carbons (Fsp3) is 0.917. The van der Waals surface area contributed by atoms with Gasteiger partial charge in [-0.05, 0) is 25.7 Å². The molecule has 1 rings (SSSR count). The van der Waals surface area contributed by atoms with Crippen LogP contribution in [-0.2, 0) is 4.79 Å².